The van der Waals surface area contributed by atoms with Crippen LogP contribution in [-0.2, 0) is 11.4 Å². The topological polar surface area (TPSA) is 87.3 Å². The van der Waals surface area contributed by atoms with Gasteiger partial charge in [-0.25, -0.2) is 4.39 Å². The molecule has 2 heterocycles. The predicted molar refractivity (Wildman–Crippen MR) is 115 cm³/mol. The van der Waals surface area contributed by atoms with Crippen LogP contribution in [-0.4, -0.2) is 40.2 Å². The molecule has 33 heavy (non-hydrogen) atoms. The third-order valence-electron chi connectivity index (χ3n) is 4.54. The highest BCUT2D eigenvalue weighted by Crippen LogP contribution is 2.36. The molecule has 170 valence electrons. The Balaban J connectivity index is 1.58. The molecule has 0 atom stereocenters. The van der Waals surface area contributed by atoms with Crippen molar-refractivity contribution in [1.82, 2.24) is 5.01 Å². The van der Waals surface area contributed by atoms with E-state index in [1.807, 2.05) is 0 Å². The molecule has 0 saturated heterocycles. The summed E-state index contributed by atoms with van der Waals surface area (Å²) in [6.45, 7) is -0.0454. The lowest BCUT2D eigenvalue weighted by Crippen LogP contribution is -2.35. The summed E-state index contributed by atoms with van der Waals surface area (Å²) >= 11 is 0.179. The minimum absolute atomic E-state index is 0.0454. The van der Waals surface area contributed by atoms with E-state index in [4.69, 9.17) is 14.9 Å². The predicted octanol–water partition coefficient (Wildman–Crippen LogP) is 4.59. The average Bonchev–Trinajstić information content (AvgIpc) is 3.21. The van der Waals surface area contributed by atoms with Crippen molar-refractivity contribution in [1.29, 1.82) is 5.41 Å². The van der Waals surface area contributed by atoms with Crippen LogP contribution in [0.1, 0.15) is 11.1 Å². The highest BCUT2D eigenvalue weighted by molar-refractivity contribution is 8.27. The molecule has 0 spiro atoms. The van der Waals surface area contributed by atoms with Crippen LogP contribution in [0.25, 0.3) is 6.08 Å². The number of nitrogens with zero attached hydrogens (tertiary/aromatic N) is 3. The van der Waals surface area contributed by atoms with Crippen LogP contribution in [0.15, 0.2) is 58.1 Å². The number of nitrogens with one attached hydrogen (secondary N) is 1. The monoisotopic (exact) mass is 478 g/mol. The van der Waals surface area contributed by atoms with Crippen LogP contribution in [0.2, 0.25) is 0 Å². The number of benzene rings is 2. The molecule has 0 unspecified atom stereocenters. The zero-order valence-electron chi connectivity index (χ0n) is 16.8. The SMILES string of the molecule is COc1cc(C=C2C(=N)N3N=C(C(F)(F)F)SC3=NC2=O)ccc1OCc1ccccc1F. The summed E-state index contributed by atoms with van der Waals surface area (Å²) in [7, 11) is 1.39. The maximum atomic E-state index is 13.8. The molecule has 12 heteroatoms. The van der Waals surface area contributed by atoms with E-state index in [0.29, 0.717) is 21.9 Å². The first-order valence-electron chi connectivity index (χ1n) is 9.29. The van der Waals surface area contributed by atoms with Crippen LogP contribution < -0.4 is 9.47 Å². The zero-order chi connectivity index (χ0) is 23.8. The lowest BCUT2D eigenvalue weighted by Gasteiger charge is -2.20. The normalized spacial score (nSPS) is 17.1. The Bertz CT molecular complexity index is 1240. The fourth-order valence-electron chi connectivity index (χ4n) is 2.94. The summed E-state index contributed by atoms with van der Waals surface area (Å²) in [5.74, 6) is -1.23. The summed E-state index contributed by atoms with van der Waals surface area (Å²) in [6.07, 6.45) is -3.43. The molecule has 2 aromatic carbocycles. The summed E-state index contributed by atoms with van der Waals surface area (Å²) in [4.78, 5) is 16.0. The third-order valence-corrected chi connectivity index (χ3v) is 5.49. The number of fused-ring (bicyclic) bond motifs is 1. The van der Waals surface area contributed by atoms with Crippen molar-refractivity contribution in [2.75, 3.05) is 7.11 Å². The van der Waals surface area contributed by atoms with Crippen molar-refractivity contribution in [2.45, 2.75) is 12.8 Å². The summed E-state index contributed by atoms with van der Waals surface area (Å²) in [5, 5.41) is 10.6. The van der Waals surface area contributed by atoms with E-state index >= 15 is 0 Å². The maximum Gasteiger partial charge on any atom is 0.441 e. The Morgan fingerprint density at radius 3 is 2.64 bits per heavy atom. The molecule has 4 rings (SSSR count). The van der Waals surface area contributed by atoms with Crippen LogP contribution in [0.5, 0.6) is 11.5 Å². The molecule has 2 aliphatic heterocycles. The number of alkyl halides is 3. The fourth-order valence-corrected chi connectivity index (χ4v) is 3.70. The highest BCUT2D eigenvalue weighted by Gasteiger charge is 2.46. The summed E-state index contributed by atoms with van der Waals surface area (Å²) in [6, 6.07) is 10.7. The number of ether oxygens (including phenoxy) is 2. The third kappa shape index (κ3) is 4.60. The van der Waals surface area contributed by atoms with Gasteiger partial charge in [-0.1, -0.05) is 24.3 Å². The Labute approximate surface area is 188 Å². The number of amides is 1. The zero-order valence-corrected chi connectivity index (χ0v) is 17.6. The first-order valence-corrected chi connectivity index (χ1v) is 10.1. The number of aliphatic imine (C=N–C) groups is 1. The van der Waals surface area contributed by atoms with Crippen LogP contribution >= 0.6 is 11.8 Å². The Kier molecular flexibility index (Phi) is 5.93. The minimum Gasteiger partial charge on any atom is -0.493 e. The minimum atomic E-state index is -4.72. The van der Waals surface area contributed by atoms with E-state index in [0.717, 1.165) is 0 Å². The van der Waals surface area contributed by atoms with Gasteiger partial charge in [0.2, 0.25) is 10.2 Å². The van der Waals surface area contributed by atoms with Gasteiger partial charge in [0.05, 0.1) is 12.7 Å². The number of halogens is 4. The molecule has 0 bridgehead atoms. The molecule has 0 saturated carbocycles. The fraction of sp³-hybridized carbons (Fsp3) is 0.143. The molecule has 1 amide bonds. The second-order valence-corrected chi connectivity index (χ2v) is 7.67. The molecular weight excluding hydrogens is 464 g/mol. The second kappa shape index (κ2) is 8.70. The smallest absolute Gasteiger partial charge is 0.441 e. The number of hydrogen-bond donors (Lipinski definition) is 1. The van der Waals surface area contributed by atoms with Gasteiger partial charge in [-0.3, -0.25) is 10.2 Å². The molecular formula is C21H14F4N4O3S. The molecule has 2 aromatic rings. The van der Waals surface area contributed by atoms with Gasteiger partial charge in [-0.2, -0.15) is 28.3 Å². The second-order valence-electron chi connectivity index (χ2n) is 6.71. The lowest BCUT2D eigenvalue weighted by atomic mass is 10.1. The highest BCUT2D eigenvalue weighted by atomic mass is 32.2. The number of carbonyl (C=O) groups excluding carboxylic acids is 1. The standard InChI is InChI=1S/C21H14F4N4O3S/c1-31-16-9-11(6-7-15(16)32-10-12-4-2-3-5-14(12)22)8-13-17(26)29-20(27-18(13)30)33-19(28-29)21(23,24)25/h2-9,26H,10H2,1H3. The van der Waals surface area contributed by atoms with Gasteiger partial charge in [0.25, 0.3) is 5.91 Å². The number of hydrogen-bond acceptors (Lipinski definition) is 6. The van der Waals surface area contributed by atoms with E-state index in [9.17, 15) is 22.4 Å². The number of rotatable bonds is 5. The van der Waals surface area contributed by atoms with Gasteiger partial charge in [0.15, 0.2) is 17.3 Å². The van der Waals surface area contributed by atoms with Crippen molar-refractivity contribution in [3.8, 4) is 11.5 Å². The molecule has 2 aliphatic rings. The molecule has 0 aromatic heterocycles. The van der Waals surface area contributed by atoms with Gasteiger partial charge < -0.3 is 9.47 Å². The van der Waals surface area contributed by atoms with E-state index in [1.54, 1.807) is 24.3 Å². The summed E-state index contributed by atoms with van der Waals surface area (Å²) in [5.41, 5.74) is 0.514. The molecule has 0 radical (unpaired) electrons. The van der Waals surface area contributed by atoms with Gasteiger partial charge in [-0.15, -0.1) is 0 Å². The van der Waals surface area contributed by atoms with Crippen molar-refractivity contribution >= 4 is 39.8 Å². The average molecular weight is 478 g/mol. The summed E-state index contributed by atoms with van der Waals surface area (Å²) < 4.78 is 63.5. The Hall–Kier alpha value is -3.67. The molecule has 1 N–H and O–H groups in total. The first-order chi connectivity index (χ1) is 15.7. The maximum absolute atomic E-state index is 13.8. The molecule has 7 nitrogen and oxygen atoms in total. The van der Waals surface area contributed by atoms with Gasteiger partial charge in [0.1, 0.15) is 12.4 Å². The quantitative estimate of drug-likeness (QED) is 0.502. The van der Waals surface area contributed by atoms with Gasteiger partial charge >= 0.3 is 6.18 Å². The molecule has 0 fully saturated rings. The Morgan fingerprint density at radius 1 is 1.18 bits per heavy atom. The van der Waals surface area contributed by atoms with Crippen molar-refractivity contribution in [2.24, 2.45) is 10.1 Å². The van der Waals surface area contributed by atoms with Crippen molar-refractivity contribution in [3.63, 3.8) is 0 Å². The van der Waals surface area contributed by atoms with Crippen LogP contribution in [0, 0.1) is 11.2 Å². The van der Waals surface area contributed by atoms with Gasteiger partial charge in [-0.05, 0) is 41.6 Å². The van der Waals surface area contributed by atoms with Crippen LogP contribution in [0.4, 0.5) is 17.6 Å². The van der Waals surface area contributed by atoms with Crippen molar-refractivity contribution < 1.29 is 31.8 Å². The van der Waals surface area contributed by atoms with E-state index in [1.165, 1.54) is 31.4 Å². The van der Waals surface area contributed by atoms with Gasteiger partial charge in [0, 0.05) is 5.56 Å². The number of hydrazone groups is 1. The Morgan fingerprint density at radius 2 is 1.94 bits per heavy atom. The molecule has 0 aliphatic carbocycles. The van der Waals surface area contributed by atoms with E-state index in [2.05, 4.69) is 10.1 Å². The van der Waals surface area contributed by atoms with Crippen LogP contribution in [0.3, 0.4) is 0 Å². The first kappa shape index (κ1) is 22.5. The lowest BCUT2D eigenvalue weighted by molar-refractivity contribution is -0.114. The number of thioether (sulfide) groups is 1. The largest absolute Gasteiger partial charge is 0.493 e. The number of methoxy groups -OCH3 is 1. The van der Waals surface area contributed by atoms with E-state index in [-0.39, 0.29) is 34.9 Å². The van der Waals surface area contributed by atoms with E-state index < -0.39 is 28.8 Å². The van der Waals surface area contributed by atoms with Crippen molar-refractivity contribution in [3.05, 3.63) is 65.0 Å². The number of amidine groups is 2. The number of carbonyl (C=O) groups is 1.